The van der Waals surface area contributed by atoms with Crippen LogP contribution in [0.5, 0.6) is 0 Å². The molecule has 6 nitrogen and oxygen atoms in total. The van der Waals surface area contributed by atoms with Gasteiger partial charge in [-0.05, 0) is 82.2 Å². The number of hydrogen-bond acceptors (Lipinski definition) is 4. The van der Waals surface area contributed by atoms with Crippen LogP contribution in [0.25, 0.3) is 0 Å². The van der Waals surface area contributed by atoms with Crippen LogP contribution in [0.1, 0.15) is 54.6 Å². The van der Waals surface area contributed by atoms with E-state index < -0.39 is 0 Å². The van der Waals surface area contributed by atoms with Crippen LogP contribution in [0.4, 0.5) is 0 Å². The lowest BCUT2D eigenvalue weighted by atomic mass is 9.84. The van der Waals surface area contributed by atoms with Crippen molar-refractivity contribution in [3.8, 4) is 0 Å². The number of nitrogens with zero attached hydrogens (tertiary/aromatic N) is 4. The molecular formula is C29H38N4O2. The van der Waals surface area contributed by atoms with Gasteiger partial charge in [0.05, 0.1) is 5.92 Å². The molecule has 0 N–H and O–H groups in total. The second-order valence-corrected chi connectivity index (χ2v) is 10.7. The van der Waals surface area contributed by atoms with Gasteiger partial charge in [0.2, 0.25) is 5.91 Å². The Balaban J connectivity index is 1.33. The number of carbonyl (C=O) groups excluding carboxylic acids is 2. The molecule has 2 aliphatic heterocycles. The molecule has 2 atom stereocenters. The summed E-state index contributed by atoms with van der Waals surface area (Å²) < 4.78 is 0. The fourth-order valence-corrected chi connectivity index (χ4v) is 6.04. The van der Waals surface area contributed by atoms with E-state index in [1.807, 2.05) is 24.3 Å². The van der Waals surface area contributed by atoms with Crippen molar-refractivity contribution in [1.82, 2.24) is 19.7 Å². The smallest absolute Gasteiger partial charge is 0.272 e. The maximum Gasteiger partial charge on any atom is 0.272 e. The first kappa shape index (κ1) is 24.0. The van der Waals surface area contributed by atoms with E-state index in [-0.39, 0.29) is 17.9 Å². The van der Waals surface area contributed by atoms with Gasteiger partial charge in [0.25, 0.3) is 5.91 Å². The summed E-state index contributed by atoms with van der Waals surface area (Å²) in [5, 5.41) is 0. The van der Waals surface area contributed by atoms with Gasteiger partial charge in [-0.25, -0.2) is 0 Å². The summed E-state index contributed by atoms with van der Waals surface area (Å²) >= 11 is 0. The van der Waals surface area contributed by atoms with E-state index in [2.05, 4.69) is 51.0 Å². The molecule has 1 aromatic heterocycles. The number of amides is 2. The fourth-order valence-electron chi connectivity index (χ4n) is 6.04. The summed E-state index contributed by atoms with van der Waals surface area (Å²) in [6.07, 6.45) is 8.70. The largest absolute Gasteiger partial charge is 0.342 e. The Morgan fingerprint density at radius 3 is 2.37 bits per heavy atom. The molecular weight excluding hydrogens is 436 g/mol. The summed E-state index contributed by atoms with van der Waals surface area (Å²) in [5.41, 5.74) is 1.80. The van der Waals surface area contributed by atoms with Gasteiger partial charge in [-0.3, -0.25) is 14.6 Å². The van der Waals surface area contributed by atoms with E-state index in [0.29, 0.717) is 23.6 Å². The van der Waals surface area contributed by atoms with Crippen LogP contribution in [0.3, 0.4) is 0 Å². The van der Waals surface area contributed by atoms with Crippen LogP contribution in [0, 0.1) is 11.8 Å². The first-order valence-electron chi connectivity index (χ1n) is 13.3. The van der Waals surface area contributed by atoms with Crippen LogP contribution < -0.4 is 0 Å². The topological polar surface area (TPSA) is 56.8 Å². The van der Waals surface area contributed by atoms with Crippen molar-refractivity contribution in [2.75, 3.05) is 33.2 Å². The maximum atomic E-state index is 13.7. The van der Waals surface area contributed by atoms with Crippen LogP contribution in [-0.2, 0) is 11.2 Å². The molecule has 35 heavy (non-hydrogen) atoms. The maximum absolute atomic E-state index is 13.7. The highest BCUT2D eigenvalue weighted by Crippen LogP contribution is 2.36. The second-order valence-electron chi connectivity index (χ2n) is 10.7. The predicted molar refractivity (Wildman–Crippen MR) is 137 cm³/mol. The van der Waals surface area contributed by atoms with E-state index in [1.54, 1.807) is 6.20 Å². The minimum absolute atomic E-state index is 0.0535. The first-order valence-corrected chi connectivity index (χ1v) is 13.3. The second kappa shape index (κ2) is 10.9. The van der Waals surface area contributed by atoms with Crippen molar-refractivity contribution >= 4 is 11.8 Å². The van der Waals surface area contributed by atoms with Crippen LogP contribution in [0.15, 0.2) is 54.7 Å². The predicted octanol–water partition coefficient (Wildman–Crippen LogP) is 3.88. The van der Waals surface area contributed by atoms with Crippen molar-refractivity contribution in [3.05, 3.63) is 66.0 Å². The number of rotatable bonds is 7. The Hall–Kier alpha value is -2.73. The number of benzene rings is 1. The normalized spacial score (nSPS) is 22.5. The van der Waals surface area contributed by atoms with Crippen LogP contribution in [-0.4, -0.2) is 76.8 Å². The van der Waals surface area contributed by atoms with Gasteiger partial charge in [-0.2, -0.15) is 0 Å². The van der Waals surface area contributed by atoms with Gasteiger partial charge in [0.15, 0.2) is 0 Å². The zero-order chi connectivity index (χ0) is 24.2. The Bertz CT molecular complexity index is 986. The average molecular weight is 475 g/mol. The molecule has 3 fully saturated rings. The molecule has 186 valence electrons. The molecule has 3 aliphatic rings. The van der Waals surface area contributed by atoms with Crippen molar-refractivity contribution in [2.24, 2.45) is 11.8 Å². The molecule has 1 saturated carbocycles. The number of likely N-dealkylation sites (tertiary alicyclic amines) is 2. The van der Waals surface area contributed by atoms with Crippen molar-refractivity contribution < 1.29 is 9.59 Å². The third kappa shape index (κ3) is 5.75. The fraction of sp³-hybridized carbons (Fsp3) is 0.552. The third-order valence-electron chi connectivity index (χ3n) is 8.07. The summed E-state index contributed by atoms with van der Waals surface area (Å²) in [6, 6.07) is 16.5. The highest BCUT2D eigenvalue weighted by molar-refractivity contribution is 5.93. The summed E-state index contributed by atoms with van der Waals surface area (Å²) in [6.45, 7) is 3.56. The van der Waals surface area contributed by atoms with Crippen LogP contribution in [0.2, 0.25) is 0 Å². The monoisotopic (exact) mass is 474 g/mol. The van der Waals surface area contributed by atoms with Gasteiger partial charge in [-0.1, -0.05) is 36.4 Å². The van der Waals surface area contributed by atoms with Gasteiger partial charge in [-0.15, -0.1) is 0 Å². The van der Waals surface area contributed by atoms with Crippen molar-refractivity contribution in [2.45, 2.75) is 57.0 Å². The zero-order valence-corrected chi connectivity index (χ0v) is 20.9. The van der Waals surface area contributed by atoms with E-state index in [0.717, 1.165) is 71.1 Å². The lowest BCUT2D eigenvalue weighted by Gasteiger charge is -2.43. The molecule has 0 spiro atoms. The van der Waals surface area contributed by atoms with Crippen LogP contribution >= 0.6 is 0 Å². The number of pyridine rings is 1. The number of aromatic nitrogens is 1. The minimum Gasteiger partial charge on any atom is -0.342 e. The molecule has 0 radical (unpaired) electrons. The Morgan fingerprint density at radius 2 is 1.71 bits per heavy atom. The third-order valence-corrected chi connectivity index (χ3v) is 8.07. The Morgan fingerprint density at radius 1 is 0.971 bits per heavy atom. The number of carbonyl (C=O) groups is 2. The lowest BCUT2D eigenvalue weighted by Crippen LogP contribution is -2.52. The average Bonchev–Trinajstić information content (AvgIpc) is 3.74. The molecule has 2 aromatic rings. The minimum atomic E-state index is 0.0535. The number of piperidine rings is 2. The molecule has 2 saturated heterocycles. The zero-order valence-electron chi connectivity index (χ0n) is 20.9. The van der Waals surface area contributed by atoms with E-state index in [1.165, 1.54) is 5.56 Å². The first-order chi connectivity index (χ1) is 17.1. The van der Waals surface area contributed by atoms with E-state index in [4.69, 9.17) is 0 Å². The highest BCUT2D eigenvalue weighted by Gasteiger charge is 2.42. The summed E-state index contributed by atoms with van der Waals surface area (Å²) in [4.78, 5) is 37.9. The summed E-state index contributed by atoms with van der Waals surface area (Å²) in [5.74, 6) is 0.900. The molecule has 0 bridgehead atoms. The van der Waals surface area contributed by atoms with Gasteiger partial charge >= 0.3 is 0 Å². The molecule has 3 heterocycles. The Labute approximate surface area is 209 Å². The lowest BCUT2D eigenvalue weighted by molar-refractivity contribution is -0.139. The van der Waals surface area contributed by atoms with Crippen molar-refractivity contribution in [1.29, 1.82) is 0 Å². The van der Waals surface area contributed by atoms with Crippen molar-refractivity contribution in [3.63, 3.8) is 0 Å². The van der Waals surface area contributed by atoms with E-state index in [9.17, 15) is 9.59 Å². The molecule has 6 heteroatoms. The summed E-state index contributed by atoms with van der Waals surface area (Å²) in [7, 11) is 2.12. The standard InChI is InChI=1S/C29H38N4O2/c1-31-17-7-10-24(21-31)28(34)32-18-14-23(15-19-32)27(20-22-8-3-2-4-9-22)33(25-12-13-25)29(35)26-11-5-6-16-30-26/h2-6,8-9,11,16,23-25,27H,7,10,12-15,17-21H2,1H3/t24-,27+/m0/s1. The molecule has 0 unspecified atom stereocenters. The van der Waals surface area contributed by atoms with Gasteiger partial charge in [0.1, 0.15) is 5.69 Å². The number of hydrogen-bond donors (Lipinski definition) is 0. The molecule has 1 aromatic carbocycles. The van der Waals surface area contributed by atoms with E-state index >= 15 is 0 Å². The SMILES string of the molecule is CN1CCC[C@H](C(=O)N2CCC([C@@H](Cc3ccccc3)N(C(=O)c3ccccn3)C3CC3)CC2)C1. The molecule has 5 rings (SSSR count). The van der Waals surface area contributed by atoms with Gasteiger partial charge < -0.3 is 14.7 Å². The Kier molecular flexibility index (Phi) is 7.47. The van der Waals surface area contributed by atoms with Gasteiger partial charge in [0, 0.05) is 37.9 Å². The quantitative estimate of drug-likeness (QED) is 0.611. The highest BCUT2D eigenvalue weighted by atomic mass is 16.2. The molecule has 2 amide bonds. The molecule has 1 aliphatic carbocycles.